The third-order valence-electron chi connectivity index (χ3n) is 4.36. The fourth-order valence-electron chi connectivity index (χ4n) is 3.04. The van der Waals surface area contributed by atoms with Gasteiger partial charge < -0.3 is 20.5 Å². The molecule has 0 atom stereocenters. The summed E-state index contributed by atoms with van der Waals surface area (Å²) in [6.07, 6.45) is 0.946. The number of H-pyrrole nitrogens is 1. The molecule has 0 saturated heterocycles. The van der Waals surface area contributed by atoms with Crippen molar-refractivity contribution in [3.63, 3.8) is 0 Å². The van der Waals surface area contributed by atoms with Gasteiger partial charge in [0.2, 0.25) is 0 Å². The maximum Gasteiger partial charge on any atom is 0.191 e. The molecule has 3 rings (SSSR count). The molecule has 0 aliphatic heterocycles. The summed E-state index contributed by atoms with van der Waals surface area (Å²) in [4.78, 5) is 14.7. The monoisotopic (exact) mass is 384 g/mol. The van der Waals surface area contributed by atoms with Crippen LogP contribution >= 0.6 is 11.3 Å². The SMILES string of the molecule is CCNC(=NCc1csc(N(C)C)n1)NCCc1c(C)[nH]c2ccccc12. The summed E-state index contributed by atoms with van der Waals surface area (Å²) < 4.78 is 0. The third-order valence-corrected chi connectivity index (χ3v) is 5.42. The molecule has 2 heterocycles. The minimum Gasteiger partial charge on any atom is -0.358 e. The highest BCUT2D eigenvalue weighted by Gasteiger charge is 2.08. The van der Waals surface area contributed by atoms with E-state index in [0.717, 1.165) is 36.3 Å². The van der Waals surface area contributed by atoms with E-state index < -0.39 is 0 Å². The number of aromatic amines is 1. The highest BCUT2D eigenvalue weighted by molar-refractivity contribution is 7.13. The molecule has 6 nitrogen and oxygen atoms in total. The molecule has 0 unspecified atom stereocenters. The molecule has 27 heavy (non-hydrogen) atoms. The van der Waals surface area contributed by atoms with Crippen LogP contribution in [0.2, 0.25) is 0 Å². The second-order valence-corrected chi connectivity index (χ2v) is 7.50. The number of anilines is 1. The minimum absolute atomic E-state index is 0.575. The summed E-state index contributed by atoms with van der Waals surface area (Å²) in [6.45, 7) is 6.45. The van der Waals surface area contributed by atoms with Gasteiger partial charge in [-0.1, -0.05) is 18.2 Å². The quantitative estimate of drug-likeness (QED) is 0.432. The lowest BCUT2D eigenvalue weighted by Gasteiger charge is -2.11. The number of guanidine groups is 1. The minimum atomic E-state index is 0.575. The standard InChI is InChI=1S/C20H28N6S/c1-5-21-19(23-12-15-13-27-20(25-15)26(3)4)22-11-10-16-14(2)24-18-9-7-6-8-17(16)18/h6-9,13,24H,5,10-12H2,1-4H3,(H2,21,22,23). The number of para-hydroxylation sites is 1. The van der Waals surface area contributed by atoms with Crippen LogP contribution in [0.3, 0.4) is 0 Å². The van der Waals surface area contributed by atoms with E-state index in [4.69, 9.17) is 0 Å². The van der Waals surface area contributed by atoms with Crippen LogP contribution in [0.4, 0.5) is 5.13 Å². The predicted octanol–water partition coefficient (Wildman–Crippen LogP) is 3.30. The molecule has 0 radical (unpaired) electrons. The maximum atomic E-state index is 4.67. The summed E-state index contributed by atoms with van der Waals surface area (Å²) in [7, 11) is 4.01. The number of aryl methyl sites for hydroxylation is 1. The molecule has 0 spiro atoms. The van der Waals surface area contributed by atoms with Crippen molar-refractivity contribution < 1.29 is 0 Å². The molecule has 2 aromatic heterocycles. The van der Waals surface area contributed by atoms with Gasteiger partial charge in [-0.2, -0.15) is 0 Å². The van der Waals surface area contributed by atoms with Gasteiger partial charge in [0, 0.05) is 49.2 Å². The zero-order chi connectivity index (χ0) is 19.2. The Balaban J connectivity index is 1.61. The van der Waals surface area contributed by atoms with Crippen LogP contribution in [0.15, 0.2) is 34.6 Å². The molecule has 0 bridgehead atoms. The smallest absolute Gasteiger partial charge is 0.191 e. The second kappa shape index (κ2) is 8.90. The largest absolute Gasteiger partial charge is 0.358 e. The second-order valence-electron chi connectivity index (χ2n) is 6.66. The van der Waals surface area contributed by atoms with Gasteiger partial charge in [-0.25, -0.2) is 9.98 Å². The van der Waals surface area contributed by atoms with Crippen molar-refractivity contribution in [2.75, 3.05) is 32.1 Å². The van der Waals surface area contributed by atoms with Crippen LogP contribution in [0, 0.1) is 6.92 Å². The molecular formula is C20H28N6S. The number of thiazole rings is 1. The average molecular weight is 385 g/mol. The number of fused-ring (bicyclic) bond motifs is 1. The molecule has 0 amide bonds. The summed E-state index contributed by atoms with van der Waals surface area (Å²) in [5.41, 5.74) is 4.79. The highest BCUT2D eigenvalue weighted by Crippen LogP contribution is 2.22. The summed E-state index contributed by atoms with van der Waals surface area (Å²) in [6, 6.07) is 8.46. The molecule has 7 heteroatoms. The lowest BCUT2D eigenvalue weighted by atomic mass is 10.1. The van der Waals surface area contributed by atoms with E-state index in [0.29, 0.717) is 6.54 Å². The highest BCUT2D eigenvalue weighted by atomic mass is 32.1. The maximum absolute atomic E-state index is 4.67. The van der Waals surface area contributed by atoms with Gasteiger partial charge in [0.15, 0.2) is 11.1 Å². The fraction of sp³-hybridized carbons (Fsp3) is 0.400. The van der Waals surface area contributed by atoms with Crippen LogP contribution < -0.4 is 15.5 Å². The van der Waals surface area contributed by atoms with Crippen molar-refractivity contribution in [2.45, 2.75) is 26.8 Å². The van der Waals surface area contributed by atoms with Gasteiger partial charge in [0.25, 0.3) is 0 Å². The van der Waals surface area contributed by atoms with Crippen LogP contribution in [-0.4, -0.2) is 43.1 Å². The number of rotatable bonds is 7. The van der Waals surface area contributed by atoms with E-state index in [1.54, 1.807) is 11.3 Å². The van der Waals surface area contributed by atoms with Gasteiger partial charge >= 0.3 is 0 Å². The summed E-state index contributed by atoms with van der Waals surface area (Å²) >= 11 is 1.64. The van der Waals surface area contributed by atoms with E-state index >= 15 is 0 Å². The topological polar surface area (TPSA) is 68.3 Å². The van der Waals surface area contributed by atoms with Crippen molar-refractivity contribution in [1.29, 1.82) is 0 Å². The predicted molar refractivity (Wildman–Crippen MR) is 116 cm³/mol. The van der Waals surface area contributed by atoms with Crippen LogP contribution in [0.25, 0.3) is 10.9 Å². The van der Waals surface area contributed by atoms with Crippen molar-refractivity contribution in [1.82, 2.24) is 20.6 Å². The molecular weight excluding hydrogens is 356 g/mol. The summed E-state index contributed by atoms with van der Waals surface area (Å²) in [5.74, 6) is 0.828. The van der Waals surface area contributed by atoms with Gasteiger partial charge in [-0.05, 0) is 31.9 Å². The van der Waals surface area contributed by atoms with E-state index in [-0.39, 0.29) is 0 Å². The first kappa shape index (κ1) is 19.2. The Bertz CT molecular complexity index is 908. The molecule has 3 N–H and O–H groups in total. The number of aliphatic imine (C=N–C) groups is 1. The lowest BCUT2D eigenvalue weighted by molar-refractivity contribution is 0.797. The number of benzene rings is 1. The van der Waals surface area contributed by atoms with Crippen molar-refractivity contribution >= 4 is 33.3 Å². The van der Waals surface area contributed by atoms with E-state index in [1.165, 1.54) is 22.2 Å². The Hall–Kier alpha value is -2.54. The van der Waals surface area contributed by atoms with Crippen LogP contribution in [0.5, 0.6) is 0 Å². The molecule has 0 fully saturated rings. The Morgan fingerprint density at radius 3 is 2.81 bits per heavy atom. The molecule has 0 saturated carbocycles. The van der Waals surface area contributed by atoms with E-state index in [9.17, 15) is 0 Å². The molecule has 1 aromatic carbocycles. The Morgan fingerprint density at radius 1 is 1.26 bits per heavy atom. The van der Waals surface area contributed by atoms with Gasteiger partial charge in [-0.15, -0.1) is 11.3 Å². The number of hydrogen-bond donors (Lipinski definition) is 3. The van der Waals surface area contributed by atoms with Gasteiger partial charge in [0.05, 0.1) is 12.2 Å². The normalized spacial score (nSPS) is 11.8. The first-order valence-electron chi connectivity index (χ1n) is 9.28. The fourth-order valence-corrected chi connectivity index (χ4v) is 3.79. The van der Waals surface area contributed by atoms with E-state index in [1.807, 2.05) is 19.0 Å². The van der Waals surface area contributed by atoms with Crippen LogP contribution in [-0.2, 0) is 13.0 Å². The Labute approximate surface area is 164 Å². The molecule has 0 aliphatic rings. The first-order chi connectivity index (χ1) is 13.1. The Kier molecular flexibility index (Phi) is 6.34. The van der Waals surface area contributed by atoms with Crippen molar-refractivity contribution in [3.8, 4) is 0 Å². The number of nitrogens with zero attached hydrogens (tertiary/aromatic N) is 3. The molecule has 0 aliphatic carbocycles. The molecule has 3 aromatic rings. The van der Waals surface area contributed by atoms with E-state index in [2.05, 4.69) is 69.1 Å². The third kappa shape index (κ3) is 4.80. The average Bonchev–Trinajstić information content (AvgIpc) is 3.24. The van der Waals surface area contributed by atoms with Crippen molar-refractivity contribution in [2.24, 2.45) is 4.99 Å². The van der Waals surface area contributed by atoms with Crippen LogP contribution in [0.1, 0.15) is 23.9 Å². The zero-order valence-electron chi connectivity index (χ0n) is 16.5. The van der Waals surface area contributed by atoms with Gasteiger partial charge in [-0.3, -0.25) is 0 Å². The lowest BCUT2D eigenvalue weighted by Crippen LogP contribution is -2.38. The number of nitrogens with one attached hydrogen (secondary N) is 3. The first-order valence-corrected chi connectivity index (χ1v) is 10.2. The van der Waals surface area contributed by atoms with Gasteiger partial charge in [0.1, 0.15) is 0 Å². The molecule has 144 valence electrons. The zero-order valence-corrected chi connectivity index (χ0v) is 17.3. The number of hydrogen-bond acceptors (Lipinski definition) is 4. The Morgan fingerprint density at radius 2 is 2.07 bits per heavy atom. The number of aromatic nitrogens is 2. The van der Waals surface area contributed by atoms with Crippen molar-refractivity contribution in [3.05, 3.63) is 46.6 Å². The summed E-state index contributed by atoms with van der Waals surface area (Å²) in [5, 5.41) is 11.1.